The van der Waals surface area contributed by atoms with Crippen LogP contribution in [0.4, 0.5) is 0 Å². The first-order chi connectivity index (χ1) is 11.3. The number of sulfonamides is 1. The molecule has 9 heteroatoms. The van der Waals surface area contributed by atoms with E-state index >= 15 is 0 Å². The van der Waals surface area contributed by atoms with Crippen molar-refractivity contribution in [3.63, 3.8) is 0 Å². The first-order valence-corrected chi connectivity index (χ1v) is 9.26. The Morgan fingerprint density at radius 3 is 2.32 bits per heavy atom. The average molecular weight is 374 g/mol. The fraction of sp³-hybridized carbons (Fsp3) is 0.625. The zero-order chi connectivity index (χ0) is 19.6. The summed E-state index contributed by atoms with van der Waals surface area (Å²) in [6, 6.07) is 0.0360. The smallest absolute Gasteiger partial charge is 0.326 e. The molecule has 0 spiro atoms. The molecule has 0 fully saturated rings. The second-order valence-corrected chi connectivity index (χ2v) is 9.40. The minimum Gasteiger partial charge on any atom is -0.480 e. The topological polar surface area (TPSA) is 117 Å². The van der Waals surface area contributed by atoms with Gasteiger partial charge in [0.25, 0.3) is 5.91 Å². The maximum Gasteiger partial charge on any atom is 0.326 e. The molecule has 25 heavy (non-hydrogen) atoms. The van der Waals surface area contributed by atoms with Gasteiger partial charge in [0.2, 0.25) is 10.0 Å². The van der Waals surface area contributed by atoms with Crippen LogP contribution in [0.1, 0.15) is 49.9 Å². The fourth-order valence-electron chi connectivity index (χ4n) is 2.09. The number of furan rings is 1. The molecule has 1 amide bonds. The van der Waals surface area contributed by atoms with Gasteiger partial charge in [-0.2, -0.15) is 0 Å². The molecule has 2 N–H and O–H groups in total. The standard InChI is InChI=1S/C16H26N2O6S/c1-10-13(25(22,23)18(5)6)9-12(24-10)14(19)17-11(15(20)21)7-8-16(2,3)4/h9,11H,7-8H2,1-6H3,(H,17,19)(H,20,21). The molecule has 0 bridgehead atoms. The van der Waals surface area contributed by atoms with Gasteiger partial charge in [0, 0.05) is 20.2 Å². The van der Waals surface area contributed by atoms with Crippen molar-refractivity contribution in [3.05, 3.63) is 17.6 Å². The number of nitrogens with one attached hydrogen (secondary N) is 1. The summed E-state index contributed by atoms with van der Waals surface area (Å²) in [5, 5.41) is 11.7. The minimum atomic E-state index is -3.75. The lowest BCUT2D eigenvalue weighted by Gasteiger charge is -2.21. The Morgan fingerprint density at radius 1 is 1.32 bits per heavy atom. The van der Waals surface area contributed by atoms with Crippen molar-refractivity contribution < 1.29 is 27.5 Å². The van der Waals surface area contributed by atoms with Gasteiger partial charge in [-0.25, -0.2) is 17.5 Å². The van der Waals surface area contributed by atoms with Gasteiger partial charge >= 0.3 is 5.97 Å². The molecule has 8 nitrogen and oxygen atoms in total. The first-order valence-electron chi connectivity index (χ1n) is 7.82. The molecule has 1 unspecified atom stereocenters. The summed E-state index contributed by atoms with van der Waals surface area (Å²) in [7, 11) is -1.01. The van der Waals surface area contributed by atoms with Crippen LogP contribution in [0.15, 0.2) is 15.4 Å². The number of amides is 1. The van der Waals surface area contributed by atoms with Crippen molar-refractivity contribution in [2.45, 2.75) is 51.5 Å². The molecule has 0 aliphatic rings. The lowest BCUT2D eigenvalue weighted by Crippen LogP contribution is -2.41. The molecule has 1 rings (SSSR count). The molecule has 1 atom stereocenters. The van der Waals surface area contributed by atoms with E-state index in [0.717, 1.165) is 10.4 Å². The van der Waals surface area contributed by atoms with E-state index in [2.05, 4.69) is 5.32 Å². The monoisotopic (exact) mass is 374 g/mol. The number of aryl methyl sites for hydroxylation is 1. The van der Waals surface area contributed by atoms with Crippen LogP contribution < -0.4 is 5.32 Å². The van der Waals surface area contributed by atoms with Crippen molar-refractivity contribution in [1.29, 1.82) is 0 Å². The van der Waals surface area contributed by atoms with E-state index in [9.17, 15) is 23.1 Å². The minimum absolute atomic E-state index is 0.0698. The second kappa shape index (κ2) is 7.57. The van der Waals surface area contributed by atoms with Gasteiger partial charge < -0.3 is 14.8 Å². The van der Waals surface area contributed by atoms with Gasteiger partial charge in [-0.05, 0) is 25.2 Å². The van der Waals surface area contributed by atoms with Crippen LogP contribution in [0.5, 0.6) is 0 Å². The highest BCUT2D eigenvalue weighted by atomic mass is 32.2. The molecule has 1 aromatic heterocycles. The van der Waals surface area contributed by atoms with E-state index in [1.807, 2.05) is 20.8 Å². The molecule has 1 aromatic rings. The van der Waals surface area contributed by atoms with Crippen LogP contribution in [0.2, 0.25) is 0 Å². The predicted molar refractivity (Wildman–Crippen MR) is 91.9 cm³/mol. The highest BCUT2D eigenvalue weighted by molar-refractivity contribution is 7.89. The Labute approximate surface area is 148 Å². The SMILES string of the molecule is Cc1oc(C(=O)NC(CCC(C)(C)C)C(=O)O)cc1S(=O)(=O)N(C)C. The molecule has 0 aromatic carbocycles. The van der Waals surface area contributed by atoms with Crippen LogP contribution in [-0.4, -0.2) is 49.8 Å². The summed E-state index contributed by atoms with van der Waals surface area (Å²) >= 11 is 0. The summed E-state index contributed by atoms with van der Waals surface area (Å²) in [5.41, 5.74) is -0.0767. The summed E-state index contributed by atoms with van der Waals surface area (Å²) in [4.78, 5) is 23.5. The zero-order valence-corrected chi connectivity index (χ0v) is 16.2. The third kappa shape index (κ3) is 5.57. The summed E-state index contributed by atoms with van der Waals surface area (Å²) < 4.78 is 30.6. The fourth-order valence-corrected chi connectivity index (χ4v) is 3.15. The quantitative estimate of drug-likeness (QED) is 0.752. The number of carbonyl (C=O) groups is 2. The number of aliphatic carboxylic acids is 1. The zero-order valence-electron chi connectivity index (χ0n) is 15.4. The first kappa shape index (κ1) is 21.2. The normalized spacial score (nSPS) is 13.7. The van der Waals surface area contributed by atoms with E-state index in [0.29, 0.717) is 6.42 Å². The number of carboxylic acid groups (broad SMARTS) is 1. The van der Waals surface area contributed by atoms with Crippen molar-refractivity contribution in [2.24, 2.45) is 5.41 Å². The van der Waals surface area contributed by atoms with E-state index in [1.54, 1.807) is 0 Å². The van der Waals surface area contributed by atoms with Crippen molar-refractivity contribution in [3.8, 4) is 0 Å². The van der Waals surface area contributed by atoms with Crippen LogP contribution >= 0.6 is 0 Å². The van der Waals surface area contributed by atoms with Crippen molar-refractivity contribution in [1.82, 2.24) is 9.62 Å². The Bertz CT molecular complexity index is 743. The van der Waals surface area contributed by atoms with Gasteiger partial charge in [-0.15, -0.1) is 0 Å². The molecule has 0 saturated carbocycles. The maximum absolute atomic E-state index is 12.3. The maximum atomic E-state index is 12.3. The van der Waals surface area contributed by atoms with E-state index < -0.39 is 27.9 Å². The summed E-state index contributed by atoms with van der Waals surface area (Å²) in [6.07, 6.45) is 0.856. The molecular formula is C16H26N2O6S. The van der Waals surface area contributed by atoms with E-state index in [1.165, 1.54) is 21.0 Å². The summed E-state index contributed by atoms with van der Waals surface area (Å²) in [5.74, 6) is -2.08. The van der Waals surface area contributed by atoms with Gasteiger partial charge in [0.05, 0.1) is 0 Å². The summed E-state index contributed by atoms with van der Waals surface area (Å²) in [6.45, 7) is 7.35. The van der Waals surface area contributed by atoms with Crippen LogP contribution in [0.3, 0.4) is 0 Å². The van der Waals surface area contributed by atoms with Crippen LogP contribution in [0.25, 0.3) is 0 Å². The lowest BCUT2D eigenvalue weighted by atomic mass is 9.88. The van der Waals surface area contributed by atoms with Crippen molar-refractivity contribution in [2.75, 3.05) is 14.1 Å². The van der Waals surface area contributed by atoms with E-state index in [4.69, 9.17) is 4.42 Å². The van der Waals surface area contributed by atoms with Gasteiger partial charge in [0.1, 0.15) is 16.7 Å². The molecule has 0 radical (unpaired) electrons. The number of hydrogen-bond acceptors (Lipinski definition) is 5. The number of rotatable bonds is 7. The van der Waals surface area contributed by atoms with Gasteiger partial charge in [-0.3, -0.25) is 4.79 Å². The third-order valence-corrected chi connectivity index (χ3v) is 5.56. The molecule has 0 saturated heterocycles. The molecular weight excluding hydrogens is 348 g/mol. The molecule has 1 heterocycles. The number of hydrogen-bond donors (Lipinski definition) is 2. The molecule has 0 aliphatic heterocycles. The van der Waals surface area contributed by atoms with Crippen LogP contribution in [0, 0.1) is 12.3 Å². The van der Waals surface area contributed by atoms with Crippen LogP contribution in [-0.2, 0) is 14.8 Å². The highest BCUT2D eigenvalue weighted by Crippen LogP contribution is 2.24. The lowest BCUT2D eigenvalue weighted by molar-refractivity contribution is -0.139. The molecule has 0 aliphatic carbocycles. The number of carbonyl (C=O) groups excluding carboxylic acids is 1. The van der Waals surface area contributed by atoms with Crippen molar-refractivity contribution >= 4 is 21.9 Å². The Kier molecular flexibility index (Phi) is 6.41. The molecule has 142 valence electrons. The largest absolute Gasteiger partial charge is 0.480 e. The number of carboxylic acids is 1. The van der Waals surface area contributed by atoms with Gasteiger partial charge in [-0.1, -0.05) is 20.8 Å². The predicted octanol–water partition coefficient (Wildman–Crippen LogP) is 1.85. The highest BCUT2D eigenvalue weighted by Gasteiger charge is 2.28. The van der Waals surface area contributed by atoms with E-state index in [-0.39, 0.29) is 28.3 Å². The average Bonchev–Trinajstić information content (AvgIpc) is 2.84. The number of nitrogens with zero attached hydrogens (tertiary/aromatic N) is 1. The Morgan fingerprint density at radius 2 is 1.88 bits per heavy atom. The van der Waals surface area contributed by atoms with Gasteiger partial charge in [0.15, 0.2) is 5.76 Å². The Balaban J connectivity index is 2.98. The second-order valence-electron chi connectivity index (χ2n) is 7.28. The Hall–Kier alpha value is -1.87. The third-order valence-electron chi connectivity index (χ3n) is 3.64.